The van der Waals surface area contributed by atoms with E-state index in [0.717, 1.165) is 31.7 Å². The quantitative estimate of drug-likeness (QED) is 0.835. The van der Waals surface area contributed by atoms with E-state index in [0.29, 0.717) is 11.8 Å². The first-order valence-electron chi connectivity index (χ1n) is 7.95. The van der Waals surface area contributed by atoms with Crippen molar-refractivity contribution in [1.29, 1.82) is 0 Å². The highest BCUT2D eigenvalue weighted by Crippen LogP contribution is 2.35. The molecule has 1 unspecified atom stereocenters. The molecule has 0 spiro atoms. The van der Waals surface area contributed by atoms with E-state index in [2.05, 4.69) is 68.0 Å². The second kappa shape index (κ2) is 6.70. The van der Waals surface area contributed by atoms with Crippen molar-refractivity contribution in [3.63, 3.8) is 0 Å². The van der Waals surface area contributed by atoms with Gasteiger partial charge < -0.3 is 10.1 Å². The Kier molecular flexibility index (Phi) is 5.37. The number of halogens is 1. The molecule has 0 radical (unpaired) electrons. The van der Waals surface area contributed by atoms with Gasteiger partial charge in [-0.1, -0.05) is 29.8 Å². The van der Waals surface area contributed by atoms with Crippen LogP contribution in [0.5, 0.6) is 5.75 Å². The molecule has 1 aliphatic rings. The summed E-state index contributed by atoms with van der Waals surface area (Å²) < 4.78 is 7.04. The van der Waals surface area contributed by atoms with E-state index in [1.807, 2.05) is 0 Å². The second-order valence-corrected chi connectivity index (χ2v) is 8.41. The smallest absolute Gasteiger partial charge is 0.125 e. The third-order valence-electron chi connectivity index (χ3n) is 4.14. The largest absolute Gasteiger partial charge is 0.493 e. The molecule has 0 saturated heterocycles. The van der Waals surface area contributed by atoms with Crippen molar-refractivity contribution in [2.75, 3.05) is 13.2 Å². The highest BCUT2D eigenvalue weighted by atomic mass is 79.9. The zero-order valence-electron chi connectivity index (χ0n) is 13.9. The fourth-order valence-electron chi connectivity index (χ4n) is 2.76. The minimum atomic E-state index is 0.170. The molecule has 1 atom stereocenters. The van der Waals surface area contributed by atoms with Gasteiger partial charge in [0.05, 0.1) is 6.61 Å². The van der Waals surface area contributed by atoms with E-state index in [-0.39, 0.29) is 5.54 Å². The number of hydrogen-bond acceptors (Lipinski definition) is 2. The van der Waals surface area contributed by atoms with Crippen molar-refractivity contribution in [3.8, 4) is 5.75 Å². The molecule has 1 aromatic carbocycles. The minimum Gasteiger partial charge on any atom is -0.493 e. The van der Waals surface area contributed by atoms with Crippen molar-refractivity contribution in [2.24, 2.45) is 11.8 Å². The first kappa shape index (κ1) is 16.8. The van der Waals surface area contributed by atoms with Crippen LogP contribution in [0.4, 0.5) is 0 Å². The lowest BCUT2D eigenvalue weighted by Crippen LogP contribution is -2.40. The zero-order valence-corrected chi connectivity index (χ0v) is 15.5. The Bertz CT molecular complexity index is 491. The van der Waals surface area contributed by atoms with Gasteiger partial charge in [-0.25, -0.2) is 0 Å². The lowest BCUT2D eigenvalue weighted by molar-refractivity contribution is 0.306. The Morgan fingerprint density at radius 3 is 2.62 bits per heavy atom. The van der Waals surface area contributed by atoms with Crippen LogP contribution in [0.3, 0.4) is 0 Å². The van der Waals surface area contributed by atoms with Crippen LogP contribution in [-0.2, 0) is 12.8 Å². The molecule has 1 heterocycles. The van der Waals surface area contributed by atoms with E-state index in [1.54, 1.807) is 0 Å². The van der Waals surface area contributed by atoms with Crippen molar-refractivity contribution >= 4 is 15.9 Å². The molecular weight excluding hydrogens is 326 g/mol. The summed E-state index contributed by atoms with van der Waals surface area (Å²) in [5.41, 5.74) is 2.88. The van der Waals surface area contributed by atoms with Crippen LogP contribution in [0.1, 0.15) is 45.7 Å². The maximum Gasteiger partial charge on any atom is 0.125 e. The van der Waals surface area contributed by atoms with Crippen molar-refractivity contribution in [2.45, 2.75) is 53.0 Å². The van der Waals surface area contributed by atoms with Gasteiger partial charge >= 0.3 is 0 Å². The van der Waals surface area contributed by atoms with E-state index in [4.69, 9.17) is 4.74 Å². The topological polar surface area (TPSA) is 21.3 Å². The molecule has 0 aliphatic carbocycles. The van der Waals surface area contributed by atoms with Crippen LogP contribution < -0.4 is 10.1 Å². The molecule has 0 bridgehead atoms. The van der Waals surface area contributed by atoms with Crippen molar-refractivity contribution in [1.82, 2.24) is 5.32 Å². The van der Waals surface area contributed by atoms with E-state index >= 15 is 0 Å². The monoisotopic (exact) mass is 353 g/mol. The Morgan fingerprint density at radius 1 is 1.29 bits per heavy atom. The number of benzene rings is 1. The Hall–Kier alpha value is -0.540. The van der Waals surface area contributed by atoms with Gasteiger partial charge in [-0.05, 0) is 68.8 Å². The number of ether oxygens (including phenoxy) is 1. The second-order valence-electron chi connectivity index (χ2n) is 7.49. The average molecular weight is 354 g/mol. The molecule has 0 fully saturated rings. The number of hydrogen-bond donors (Lipinski definition) is 1. The number of nitrogens with one attached hydrogen (secondary N) is 1. The van der Waals surface area contributed by atoms with Gasteiger partial charge in [0.1, 0.15) is 5.75 Å². The zero-order chi connectivity index (χ0) is 15.6. The van der Waals surface area contributed by atoms with Crippen molar-refractivity contribution < 1.29 is 4.74 Å². The Morgan fingerprint density at radius 2 is 2.00 bits per heavy atom. The summed E-state index contributed by atoms with van der Waals surface area (Å²) in [5.74, 6) is 2.40. The normalized spacial score (nSPS) is 16.0. The summed E-state index contributed by atoms with van der Waals surface area (Å²) in [7, 11) is 0. The molecule has 0 amide bonds. The molecule has 1 N–H and O–H groups in total. The lowest BCUT2D eigenvalue weighted by Gasteiger charge is -2.28. The molecule has 1 aliphatic heterocycles. The van der Waals surface area contributed by atoms with Gasteiger partial charge in [-0.15, -0.1) is 0 Å². The molecule has 0 saturated carbocycles. The maximum atomic E-state index is 5.87. The SMILES string of the molecule is CC(C)C(CNC(C)(C)C)Cc1cc(Br)cc2c1OCC2. The number of rotatable bonds is 5. The molecule has 2 nitrogen and oxygen atoms in total. The summed E-state index contributed by atoms with van der Waals surface area (Å²) in [5, 5.41) is 3.65. The van der Waals surface area contributed by atoms with Crippen LogP contribution >= 0.6 is 15.9 Å². The van der Waals surface area contributed by atoms with Gasteiger partial charge in [0.2, 0.25) is 0 Å². The highest BCUT2D eigenvalue weighted by molar-refractivity contribution is 9.10. The molecule has 2 rings (SSSR count). The third-order valence-corrected chi connectivity index (χ3v) is 4.60. The summed E-state index contributed by atoms with van der Waals surface area (Å²) in [6.45, 7) is 13.2. The fraction of sp³-hybridized carbons (Fsp3) is 0.667. The maximum absolute atomic E-state index is 5.87. The average Bonchev–Trinajstić information content (AvgIpc) is 2.80. The van der Waals surface area contributed by atoms with Gasteiger partial charge in [-0.3, -0.25) is 0 Å². The van der Waals surface area contributed by atoms with Crippen LogP contribution in [0, 0.1) is 11.8 Å². The van der Waals surface area contributed by atoms with Gasteiger partial charge in [0.25, 0.3) is 0 Å². The van der Waals surface area contributed by atoms with Crippen LogP contribution in [0.2, 0.25) is 0 Å². The van der Waals surface area contributed by atoms with Gasteiger partial charge in [0.15, 0.2) is 0 Å². The van der Waals surface area contributed by atoms with Crippen LogP contribution in [-0.4, -0.2) is 18.7 Å². The molecule has 0 aromatic heterocycles. The predicted molar refractivity (Wildman–Crippen MR) is 93.1 cm³/mol. The standard InChI is InChI=1S/C18H28BrNO/c1-12(2)15(11-20-18(3,4)5)8-14-10-16(19)9-13-6-7-21-17(13)14/h9-10,12,15,20H,6-8,11H2,1-5H3. The predicted octanol–water partition coefficient (Wildman–Crippen LogP) is 4.59. The summed E-state index contributed by atoms with van der Waals surface area (Å²) in [6.07, 6.45) is 2.11. The Balaban J connectivity index is 2.14. The van der Waals surface area contributed by atoms with Gasteiger partial charge in [0, 0.05) is 16.4 Å². The van der Waals surface area contributed by atoms with E-state index in [9.17, 15) is 0 Å². The molecule has 1 aromatic rings. The summed E-state index contributed by atoms with van der Waals surface area (Å²) >= 11 is 3.64. The molecule has 118 valence electrons. The Labute approximate surface area is 137 Å². The molecule has 3 heteroatoms. The first-order chi connectivity index (χ1) is 9.76. The summed E-state index contributed by atoms with van der Waals surface area (Å²) in [6, 6.07) is 4.43. The van der Waals surface area contributed by atoms with Gasteiger partial charge in [-0.2, -0.15) is 0 Å². The summed E-state index contributed by atoms with van der Waals surface area (Å²) in [4.78, 5) is 0. The molecule has 21 heavy (non-hydrogen) atoms. The van der Waals surface area contributed by atoms with Crippen LogP contribution in [0.25, 0.3) is 0 Å². The van der Waals surface area contributed by atoms with Crippen molar-refractivity contribution in [3.05, 3.63) is 27.7 Å². The number of fused-ring (bicyclic) bond motifs is 1. The first-order valence-corrected chi connectivity index (χ1v) is 8.74. The minimum absolute atomic E-state index is 0.170. The van der Waals surface area contributed by atoms with Crippen LogP contribution in [0.15, 0.2) is 16.6 Å². The third kappa shape index (κ3) is 4.72. The lowest BCUT2D eigenvalue weighted by atomic mass is 9.87. The highest BCUT2D eigenvalue weighted by Gasteiger charge is 2.23. The van der Waals surface area contributed by atoms with E-state index < -0.39 is 0 Å². The molecular formula is C18H28BrNO. The van der Waals surface area contributed by atoms with E-state index in [1.165, 1.54) is 15.6 Å². The fourth-order valence-corrected chi connectivity index (χ4v) is 3.31.